The minimum absolute atomic E-state index is 0.0421. The van der Waals surface area contributed by atoms with Crippen LogP contribution >= 0.6 is 0 Å². The minimum atomic E-state index is -0.763. The molecule has 3 heterocycles. The molecule has 0 fully saturated rings. The van der Waals surface area contributed by atoms with Gasteiger partial charge >= 0.3 is 0 Å². The molecule has 4 rings (SSSR count). The number of aromatic nitrogens is 2. The highest BCUT2D eigenvalue weighted by atomic mass is 19.1. The van der Waals surface area contributed by atoms with Crippen LogP contribution in [-0.2, 0) is 6.54 Å². The largest absolute Gasteiger partial charge is 0.346 e. The normalized spacial score (nSPS) is 12.7. The van der Waals surface area contributed by atoms with Gasteiger partial charge in [0.2, 0.25) is 0 Å². The van der Waals surface area contributed by atoms with E-state index >= 15 is 0 Å². The Morgan fingerprint density at radius 2 is 1.81 bits per heavy atom. The fourth-order valence-corrected chi connectivity index (χ4v) is 2.79. The zero-order valence-electron chi connectivity index (χ0n) is 13.2. The number of rotatable bonds is 3. The van der Waals surface area contributed by atoms with E-state index < -0.39 is 17.5 Å². The molecular weight excluding hydrogens is 345 g/mol. The number of halogens is 3. The summed E-state index contributed by atoms with van der Waals surface area (Å²) in [4.78, 5) is 20.2. The van der Waals surface area contributed by atoms with E-state index in [-0.39, 0.29) is 40.8 Å². The molecule has 2 aromatic heterocycles. The summed E-state index contributed by atoms with van der Waals surface area (Å²) in [6.07, 6.45) is 1.02. The third-order valence-corrected chi connectivity index (χ3v) is 3.95. The van der Waals surface area contributed by atoms with E-state index in [1.165, 1.54) is 24.3 Å². The third kappa shape index (κ3) is 2.75. The van der Waals surface area contributed by atoms with Gasteiger partial charge in [0.15, 0.2) is 0 Å². The molecular formula is C18H11F3N4O. The molecule has 1 aromatic carbocycles. The standard InChI is InChI=1S/C18H11F3N4O/c19-9-4-5-15(22-7-9)25-13-6-12(16-10(20)2-1-3-11(16)21)24-14-8-23-18(26)17(13)14/h1-7H,8H2,(H,23,26)(H,22,24,25). The zero-order valence-corrected chi connectivity index (χ0v) is 13.2. The molecule has 1 amide bonds. The molecule has 130 valence electrons. The highest BCUT2D eigenvalue weighted by molar-refractivity contribution is 6.04. The van der Waals surface area contributed by atoms with Gasteiger partial charge in [0.1, 0.15) is 23.3 Å². The number of benzene rings is 1. The maximum atomic E-state index is 14.1. The second kappa shape index (κ2) is 6.14. The van der Waals surface area contributed by atoms with Crippen LogP contribution in [0.2, 0.25) is 0 Å². The fraction of sp³-hybridized carbons (Fsp3) is 0.0556. The van der Waals surface area contributed by atoms with E-state index in [1.54, 1.807) is 0 Å². The van der Waals surface area contributed by atoms with Gasteiger partial charge in [-0.25, -0.2) is 23.1 Å². The maximum Gasteiger partial charge on any atom is 0.255 e. The number of amides is 1. The van der Waals surface area contributed by atoms with E-state index in [2.05, 4.69) is 20.6 Å². The van der Waals surface area contributed by atoms with Gasteiger partial charge in [0, 0.05) is 0 Å². The van der Waals surface area contributed by atoms with Crippen molar-refractivity contribution in [2.75, 3.05) is 5.32 Å². The predicted octanol–water partition coefficient (Wildman–Crippen LogP) is 3.55. The third-order valence-electron chi connectivity index (χ3n) is 3.95. The molecule has 26 heavy (non-hydrogen) atoms. The van der Waals surface area contributed by atoms with Crippen molar-refractivity contribution in [3.63, 3.8) is 0 Å². The van der Waals surface area contributed by atoms with Gasteiger partial charge in [-0.05, 0) is 30.3 Å². The summed E-state index contributed by atoms with van der Waals surface area (Å²) in [5, 5.41) is 5.51. The van der Waals surface area contributed by atoms with Gasteiger partial charge in [-0.1, -0.05) is 6.07 Å². The SMILES string of the molecule is O=C1NCc2nc(-c3c(F)cccc3F)cc(Nc3ccc(F)cn3)c21. The van der Waals surface area contributed by atoms with Gasteiger partial charge < -0.3 is 10.6 Å². The smallest absolute Gasteiger partial charge is 0.255 e. The highest BCUT2D eigenvalue weighted by Gasteiger charge is 2.27. The van der Waals surface area contributed by atoms with Crippen LogP contribution < -0.4 is 10.6 Å². The maximum absolute atomic E-state index is 14.1. The first-order valence-electron chi connectivity index (χ1n) is 7.68. The molecule has 1 aliphatic rings. The molecule has 5 nitrogen and oxygen atoms in total. The topological polar surface area (TPSA) is 66.9 Å². The van der Waals surface area contributed by atoms with Gasteiger partial charge in [-0.15, -0.1) is 0 Å². The van der Waals surface area contributed by atoms with E-state index in [1.807, 2.05) is 0 Å². The average Bonchev–Trinajstić information content (AvgIpc) is 2.98. The molecule has 0 saturated carbocycles. The number of nitrogens with one attached hydrogen (secondary N) is 2. The number of hydrogen-bond donors (Lipinski definition) is 2. The molecule has 8 heteroatoms. The van der Waals surface area contributed by atoms with Crippen LogP contribution in [0, 0.1) is 17.5 Å². The summed E-state index contributed by atoms with van der Waals surface area (Å²) in [7, 11) is 0. The molecule has 0 radical (unpaired) electrons. The van der Waals surface area contributed by atoms with Gasteiger partial charge in [-0.3, -0.25) is 4.79 Å². The number of anilines is 2. The molecule has 0 saturated heterocycles. The Kier molecular flexibility index (Phi) is 3.80. The summed E-state index contributed by atoms with van der Waals surface area (Å²) >= 11 is 0. The fourth-order valence-electron chi connectivity index (χ4n) is 2.79. The molecule has 0 unspecified atom stereocenters. The Labute approximate surface area is 145 Å². The average molecular weight is 356 g/mol. The van der Waals surface area contributed by atoms with Crippen molar-refractivity contribution in [1.29, 1.82) is 0 Å². The van der Waals surface area contributed by atoms with Crippen molar-refractivity contribution in [3.8, 4) is 11.3 Å². The van der Waals surface area contributed by atoms with Crippen molar-refractivity contribution in [2.24, 2.45) is 0 Å². The van der Waals surface area contributed by atoms with Crippen LogP contribution in [0.25, 0.3) is 11.3 Å². The Bertz CT molecular complexity index is 1000. The van der Waals surface area contributed by atoms with Crippen LogP contribution in [0.1, 0.15) is 16.1 Å². The Hall–Kier alpha value is -3.42. The van der Waals surface area contributed by atoms with E-state index in [9.17, 15) is 18.0 Å². The quantitative estimate of drug-likeness (QED) is 0.753. The van der Waals surface area contributed by atoms with Gasteiger partial charge in [0.25, 0.3) is 5.91 Å². The van der Waals surface area contributed by atoms with Crippen molar-refractivity contribution in [2.45, 2.75) is 6.54 Å². The monoisotopic (exact) mass is 356 g/mol. The molecule has 0 aliphatic carbocycles. The van der Waals surface area contributed by atoms with Crippen LogP contribution in [-0.4, -0.2) is 15.9 Å². The number of hydrogen-bond acceptors (Lipinski definition) is 4. The van der Waals surface area contributed by atoms with Crippen molar-refractivity contribution in [3.05, 3.63) is 71.3 Å². The zero-order chi connectivity index (χ0) is 18.3. The first-order chi connectivity index (χ1) is 12.5. The molecule has 2 N–H and O–H groups in total. The molecule has 0 spiro atoms. The summed E-state index contributed by atoms with van der Waals surface area (Å²) < 4.78 is 41.3. The van der Waals surface area contributed by atoms with Gasteiger partial charge in [0.05, 0.1) is 40.9 Å². The van der Waals surface area contributed by atoms with E-state index in [0.29, 0.717) is 5.69 Å². The lowest BCUT2D eigenvalue weighted by Crippen LogP contribution is -2.13. The van der Waals surface area contributed by atoms with Crippen LogP contribution in [0.15, 0.2) is 42.6 Å². The van der Waals surface area contributed by atoms with Crippen molar-refractivity contribution >= 4 is 17.4 Å². The van der Waals surface area contributed by atoms with E-state index in [4.69, 9.17) is 0 Å². The molecule has 0 bridgehead atoms. The lowest BCUT2D eigenvalue weighted by atomic mass is 10.1. The van der Waals surface area contributed by atoms with Crippen LogP contribution in [0.5, 0.6) is 0 Å². The molecule has 3 aromatic rings. The number of carbonyl (C=O) groups is 1. The summed E-state index contributed by atoms with van der Waals surface area (Å²) in [5.41, 5.74) is 0.656. The first kappa shape index (κ1) is 16.1. The van der Waals surface area contributed by atoms with Crippen molar-refractivity contribution in [1.82, 2.24) is 15.3 Å². The van der Waals surface area contributed by atoms with Gasteiger partial charge in [-0.2, -0.15) is 0 Å². The van der Waals surface area contributed by atoms with E-state index in [0.717, 1.165) is 18.3 Å². The number of carbonyl (C=O) groups excluding carboxylic acids is 1. The Balaban J connectivity index is 1.86. The predicted molar refractivity (Wildman–Crippen MR) is 88.2 cm³/mol. The first-order valence-corrected chi connectivity index (χ1v) is 7.68. The molecule has 1 aliphatic heterocycles. The lowest BCUT2D eigenvalue weighted by Gasteiger charge is -2.12. The second-order valence-electron chi connectivity index (χ2n) is 5.64. The Morgan fingerprint density at radius 1 is 1.04 bits per heavy atom. The highest BCUT2D eigenvalue weighted by Crippen LogP contribution is 2.32. The summed E-state index contributed by atoms with van der Waals surface area (Å²) in [6, 6.07) is 7.48. The Morgan fingerprint density at radius 3 is 2.50 bits per heavy atom. The summed E-state index contributed by atoms with van der Waals surface area (Å²) in [6.45, 7) is 0.142. The van der Waals surface area contributed by atoms with Crippen LogP contribution in [0.4, 0.5) is 24.7 Å². The number of nitrogens with zero attached hydrogens (tertiary/aromatic N) is 2. The lowest BCUT2D eigenvalue weighted by molar-refractivity contribution is 0.0966. The number of pyridine rings is 2. The minimum Gasteiger partial charge on any atom is -0.346 e. The van der Waals surface area contributed by atoms with Crippen LogP contribution in [0.3, 0.4) is 0 Å². The molecule has 0 atom stereocenters. The number of fused-ring (bicyclic) bond motifs is 1. The summed E-state index contributed by atoms with van der Waals surface area (Å²) in [5.74, 6) is -2.12. The van der Waals surface area contributed by atoms with Crippen molar-refractivity contribution < 1.29 is 18.0 Å². The second-order valence-corrected chi connectivity index (χ2v) is 5.64.